The van der Waals surface area contributed by atoms with E-state index >= 15 is 0 Å². The first-order valence-corrected chi connectivity index (χ1v) is 5.05. The van der Waals surface area contributed by atoms with E-state index in [1.807, 2.05) is 0 Å². The van der Waals surface area contributed by atoms with Gasteiger partial charge in [0.05, 0.1) is 6.61 Å². The first-order valence-electron chi connectivity index (χ1n) is 5.05. The van der Waals surface area contributed by atoms with E-state index in [9.17, 15) is 15.3 Å². The first kappa shape index (κ1) is 11.3. The number of rotatable bonds is 2. The third kappa shape index (κ3) is 1.90. The van der Waals surface area contributed by atoms with Crippen LogP contribution in [0.15, 0.2) is 24.3 Å². The van der Waals surface area contributed by atoms with Gasteiger partial charge in [-0.3, -0.25) is 0 Å². The Balaban J connectivity index is 2.23. The van der Waals surface area contributed by atoms with Gasteiger partial charge in [-0.15, -0.1) is 0 Å². The van der Waals surface area contributed by atoms with Crippen molar-refractivity contribution < 1.29 is 25.2 Å². The van der Waals surface area contributed by atoms with E-state index in [-0.39, 0.29) is 12.4 Å². The molecule has 0 aliphatic carbocycles. The molecule has 5 heteroatoms. The predicted molar refractivity (Wildman–Crippen MR) is 54.8 cm³/mol. The minimum Gasteiger partial charge on any atom is -0.508 e. The third-order valence-corrected chi connectivity index (χ3v) is 2.74. The van der Waals surface area contributed by atoms with Crippen LogP contribution in [-0.2, 0) is 4.74 Å². The van der Waals surface area contributed by atoms with Gasteiger partial charge >= 0.3 is 0 Å². The van der Waals surface area contributed by atoms with Crippen LogP contribution in [0.1, 0.15) is 11.7 Å². The highest BCUT2D eigenvalue weighted by molar-refractivity contribution is 5.30. The molecule has 1 heterocycles. The molecule has 1 aliphatic rings. The van der Waals surface area contributed by atoms with Crippen LogP contribution < -0.4 is 0 Å². The monoisotopic (exact) mass is 226 g/mol. The highest BCUT2D eigenvalue weighted by atomic mass is 16.6. The Kier molecular flexibility index (Phi) is 3.11. The zero-order chi connectivity index (χ0) is 11.7. The number of aromatic hydroxyl groups is 1. The molecule has 5 nitrogen and oxygen atoms in total. The molecule has 0 aromatic heterocycles. The molecule has 1 aromatic carbocycles. The fraction of sp³-hybridized carbons (Fsp3) is 0.455. The smallest absolute Gasteiger partial charge is 0.115 e. The van der Waals surface area contributed by atoms with Gasteiger partial charge in [-0.1, -0.05) is 12.1 Å². The summed E-state index contributed by atoms with van der Waals surface area (Å²) in [5.74, 6) is 0.0650. The summed E-state index contributed by atoms with van der Waals surface area (Å²) in [5.41, 5.74) is 0.572. The fourth-order valence-corrected chi connectivity index (χ4v) is 1.88. The largest absolute Gasteiger partial charge is 0.508 e. The van der Waals surface area contributed by atoms with Gasteiger partial charge in [0.2, 0.25) is 0 Å². The van der Waals surface area contributed by atoms with E-state index in [4.69, 9.17) is 9.84 Å². The summed E-state index contributed by atoms with van der Waals surface area (Å²) >= 11 is 0. The SMILES string of the molecule is OC[C@H]1O[C@@H](c2cccc(O)c2)[C@H](O)[C@@H]1O. The van der Waals surface area contributed by atoms with Crippen molar-refractivity contribution in [2.75, 3.05) is 6.61 Å². The molecule has 0 radical (unpaired) electrons. The Hall–Kier alpha value is -1.14. The number of hydrogen-bond acceptors (Lipinski definition) is 5. The molecule has 0 spiro atoms. The van der Waals surface area contributed by atoms with Gasteiger partial charge in [0, 0.05) is 0 Å². The van der Waals surface area contributed by atoms with Crippen molar-refractivity contribution in [2.24, 2.45) is 0 Å². The summed E-state index contributed by atoms with van der Waals surface area (Å²) in [6, 6.07) is 6.27. The van der Waals surface area contributed by atoms with E-state index in [2.05, 4.69) is 0 Å². The van der Waals surface area contributed by atoms with E-state index in [0.717, 1.165) is 0 Å². The molecular weight excluding hydrogens is 212 g/mol. The Bertz CT molecular complexity index is 367. The minimum atomic E-state index is -1.11. The maximum absolute atomic E-state index is 9.74. The quantitative estimate of drug-likeness (QED) is 0.548. The number of ether oxygens (including phenoxy) is 1. The number of aliphatic hydroxyl groups excluding tert-OH is 3. The van der Waals surface area contributed by atoms with Crippen molar-refractivity contribution in [2.45, 2.75) is 24.4 Å². The van der Waals surface area contributed by atoms with Crippen LogP contribution in [0.4, 0.5) is 0 Å². The second kappa shape index (κ2) is 4.39. The lowest BCUT2D eigenvalue weighted by Crippen LogP contribution is -2.32. The van der Waals surface area contributed by atoms with Crippen molar-refractivity contribution in [3.05, 3.63) is 29.8 Å². The molecule has 16 heavy (non-hydrogen) atoms. The van der Waals surface area contributed by atoms with Crippen LogP contribution in [0, 0.1) is 0 Å². The second-order valence-corrected chi connectivity index (χ2v) is 3.85. The molecule has 1 saturated heterocycles. The van der Waals surface area contributed by atoms with E-state index in [0.29, 0.717) is 5.56 Å². The van der Waals surface area contributed by atoms with Gasteiger partial charge in [0.15, 0.2) is 0 Å². The summed E-state index contributed by atoms with van der Waals surface area (Å²) < 4.78 is 5.32. The number of aliphatic hydroxyl groups is 3. The van der Waals surface area contributed by atoms with Crippen LogP contribution in [0.5, 0.6) is 5.75 Å². The first-order chi connectivity index (χ1) is 7.63. The number of benzene rings is 1. The van der Waals surface area contributed by atoms with Gasteiger partial charge in [0.1, 0.15) is 30.2 Å². The topological polar surface area (TPSA) is 90.2 Å². The molecule has 1 aromatic rings. The summed E-state index contributed by atoms with van der Waals surface area (Å²) in [6.45, 7) is -0.354. The predicted octanol–water partition coefficient (Wildman–Crippen LogP) is -0.454. The maximum Gasteiger partial charge on any atom is 0.115 e. The Morgan fingerprint density at radius 2 is 1.94 bits per heavy atom. The molecule has 88 valence electrons. The second-order valence-electron chi connectivity index (χ2n) is 3.85. The molecule has 1 aliphatic heterocycles. The van der Waals surface area contributed by atoms with Gasteiger partial charge < -0.3 is 25.2 Å². The zero-order valence-electron chi connectivity index (χ0n) is 8.52. The Labute approximate surface area is 92.5 Å². The van der Waals surface area contributed by atoms with Crippen molar-refractivity contribution in [3.63, 3.8) is 0 Å². The minimum absolute atomic E-state index is 0.0650. The molecular formula is C11H14O5. The molecule has 4 atom stereocenters. The molecule has 0 unspecified atom stereocenters. The molecule has 2 rings (SSSR count). The zero-order valence-corrected chi connectivity index (χ0v) is 8.52. The number of phenols is 1. The van der Waals surface area contributed by atoms with Crippen molar-refractivity contribution in [1.29, 1.82) is 0 Å². The van der Waals surface area contributed by atoms with Crippen LogP contribution in [0.25, 0.3) is 0 Å². The van der Waals surface area contributed by atoms with Crippen LogP contribution in [0.2, 0.25) is 0 Å². The molecule has 0 saturated carbocycles. The molecule has 0 amide bonds. The Morgan fingerprint density at radius 3 is 2.50 bits per heavy atom. The van der Waals surface area contributed by atoms with Crippen molar-refractivity contribution >= 4 is 0 Å². The van der Waals surface area contributed by atoms with Gasteiger partial charge in [-0.25, -0.2) is 0 Å². The average Bonchev–Trinajstić information content (AvgIpc) is 2.56. The highest BCUT2D eigenvalue weighted by Gasteiger charge is 2.42. The number of hydrogen-bond donors (Lipinski definition) is 4. The third-order valence-electron chi connectivity index (χ3n) is 2.74. The van der Waals surface area contributed by atoms with Gasteiger partial charge in [0.25, 0.3) is 0 Å². The molecule has 4 N–H and O–H groups in total. The van der Waals surface area contributed by atoms with E-state index in [1.165, 1.54) is 12.1 Å². The van der Waals surface area contributed by atoms with E-state index in [1.54, 1.807) is 12.1 Å². The number of phenolic OH excluding ortho intramolecular Hbond substituents is 1. The van der Waals surface area contributed by atoms with Crippen LogP contribution >= 0.6 is 0 Å². The maximum atomic E-state index is 9.74. The average molecular weight is 226 g/mol. The van der Waals surface area contributed by atoms with Gasteiger partial charge in [-0.05, 0) is 17.7 Å². The standard InChI is InChI=1S/C11H14O5/c12-5-8-9(14)10(15)11(16-8)6-2-1-3-7(13)4-6/h1-4,8-15H,5H2/t8-,9-,10-,11+/m1/s1. The fourth-order valence-electron chi connectivity index (χ4n) is 1.88. The van der Waals surface area contributed by atoms with Gasteiger partial charge in [-0.2, -0.15) is 0 Å². The lowest BCUT2D eigenvalue weighted by atomic mass is 10.0. The van der Waals surface area contributed by atoms with Crippen LogP contribution in [0.3, 0.4) is 0 Å². The highest BCUT2D eigenvalue weighted by Crippen LogP contribution is 2.34. The molecule has 1 fully saturated rings. The lowest BCUT2D eigenvalue weighted by Gasteiger charge is -2.14. The summed E-state index contributed by atoms with van der Waals surface area (Å²) in [7, 11) is 0. The molecule has 0 bridgehead atoms. The Morgan fingerprint density at radius 1 is 1.19 bits per heavy atom. The van der Waals surface area contributed by atoms with E-state index < -0.39 is 24.4 Å². The summed E-state index contributed by atoms with van der Waals surface area (Å²) in [4.78, 5) is 0. The lowest BCUT2D eigenvalue weighted by molar-refractivity contribution is -0.0228. The normalized spacial score (nSPS) is 34.2. The van der Waals surface area contributed by atoms with Crippen molar-refractivity contribution in [1.82, 2.24) is 0 Å². The van der Waals surface area contributed by atoms with Crippen LogP contribution in [-0.4, -0.2) is 45.3 Å². The summed E-state index contributed by atoms with van der Waals surface area (Å²) in [6.07, 6.45) is -3.72. The summed E-state index contributed by atoms with van der Waals surface area (Å²) in [5, 5.41) is 37.5. The van der Waals surface area contributed by atoms with Crippen molar-refractivity contribution in [3.8, 4) is 5.75 Å².